The van der Waals surface area contributed by atoms with Crippen molar-refractivity contribution < 1.29 is 24.3 Å². The largest absolute Gasteiger partial charge is 0.480 e. The summed E-state index contributed by atoms with van der Waals surface area (Å²) in [6.07, 6.45) is -0.0989. The number of carboxylic acids is 1. The highest BCUT2D eigenvalue weighted by molar-refractivity contribution is 5.91. The molecule has 8 nitrogen and oxygen atoms in total. The van der Waals surface area contributed by atoms with Crippen LogP contribution in [0.1, 0.15) is 26.2 Å². The molecule has 0 spiro atoms. The standard InChI is InChI=1S/C12H19N3O5/c1-2-15-6-7(5-10(15)17)11(18)14-8(12(19)20)3-4-9(13)16/h7-8H,2-6H2,1H3,(H2,13,16)(H,14,18)(H,19,20). The predicted molar refractivity (Wildman–Crippen MR) is 68.4 cm³/mol. The Balaban J connectivity index is 2.56. The Morgan fingerprint density at radius 2 is 2.15 bits per heavy atom. The molecule has 4 N–H and O–H groups in total. The monoisotopic (exact) mass is 285 g/mol. The fourth-order valence-corrected chi connectivity index (χ4v) is 2.09. The lowest BCUT2D eigenvalue weighted by atomic mass is 10.1. The Morgan fingerprint density at radius 1 is 1.50 bits per heavy atom. The first-order chi connectivity index (χ1) is 9.35. The van der Waals surface area contributed by atoms with Crippen LogP contribution in [0, 0.1) is 5.92 Å². The topological polar surface area (TPSA) is 130 Å². The fraction of sp³-hybridized carbons (Fsp3) is 0.667. The summed E-state index contributed by atoms with van der Waals surface area (Å²) in [5, 5.41) is 11.3. The number of amides is 3. The molecule has 2 atom stereocenters. The van der Waals surface area contributed by atoms with Crippen molar-refractivity contribution in [3.63, 3.8) is 0 Å². The molecule has 1 heterocycles. The van der Waals surface area contributed by atoms with E-state index >= 15 is 0 Å². The Bertz CT molecular complexity index is 423. The highest BCUT2D eigenvalue weighted by Crippen LogP contribution is 2.17. The van der Waals surface area contributed by atoms with Crippen molar-refractivity contribution in [2.45, 2.75) is 32.2 Å². The molecule has 0 aromatic rings. The molecule has 2 unspecified atom stereocenters. The van der Waals surface area contributed by atoms with Crippen LogP contribution in [0.4, 0.5) is 0 Å². The van der Waals surface area contributed by atoms with E-state index in [1.807, 2.05) is 6.92 Å². The average molecular weight is 285 g/mol. The number of primary amides is 1. The second-order valence-electron chi connectivity index (χ2n) is 4.74. The van der Waals surface area contributed by atoms with Crippen molar-refractivity contribution in [2.75, 3.05) is 13.1 Å². The molecule has 0 aromatic carbocycles. The molecule has 0 aromatic heterocycles. The third-order valence-corrected chi connectivity index (χ3v) is 3.26. The van der Waals surface area contributed by atoms with Crippen LogP contribution in [0.25, 0.3) is 0 Å². The average Bonchev–Trinajstić information content (AvgIpc) is 2.75. The summed E-state index contributed by atoms with van der Waals surface area (Å²) in [4.78, 5) is 46.7. The quantitative estimate of drug-likeness (QED) is 0.534. The van der Waals surface area contributed by atoms with E-state index in [0.717, 1.165) is 0 Å². The van der Waals surface area contributed by atoms with Crippen LogP contribution in [0.15, 0.2) is 0 Å². The summed E-state index contributed by atoms with van der Waals surface area (Å²) >= 11 is 0. The van der Waals surface area contributed by atoms with Gasteiger partial charge in [0, 0.05) is 25.9 Å². The zero-order valence-corrected chi connectivity index (χ0v) is 11.3. The minimum Gasteiger partial charge on any atom is -0.480 e. The van der Waals surface area contributed by atoms with E-state index in [-0.39, 0.29) is 25.2 Å². The number of carbonyl (C=O) groups is 4. The van der Waals surface area contributed by atoms with Crippen LogP contribution < -0.4 is 11.1 Å². The molecule has 1 aliphatic rings. The lowest BCUT2D eigenvalue weighted by Crippen LogP contribution is -2.44. The maximum atomic E-state index is 11.9. The summed E-state index contributed by atoms with van der Waals surface area (Å²) in [6.45, 7) is 2.63. The minimum atomic E-state index is -1.23. The molecule has 0 radical (unpaired) electrons. The highest BCUT2D eigenvalue weighted by Gasteiger charge is 2.35. The lowest BCUT2D eigenvalue weighted by molar-refractivity contribution is -0.142. The normalized spacial score (nSPS) is 19.8. The Morgan fingerprint density at radius 3 is 2.60 bits per heavy atom. The van der Waals surface area contributed by atoms with Gasteiger partial charge in [-0.15, -0.1) is 0 Å². The van der Waals surface area contributed by atoms with Gasteiger partial charge in [-0.25, -0.2) is 4.79 Å². The van der Waals surface area contributed by atoms with Crippen LogP contribution in [0.5, 0.6) is 0 Å². The number of nitrogens with two attached hydrogens (primary N) is 1. The van der Waals surface area contributed by atoms with E-state index < -0.39 is 29.7 Å². The van der Waals surface area contributed by atoms with Crippen molar-refractivity contribution in [1.29, 1.82) is 0 Å². The summed E-state index contributed by atoms with van der Waals surface area (Å²) in [5.41, 5.74) is 4.95. The van der Waals surface area contributed by atoms with Crippen molar-refractivity contribution in [3.05, 3.63) is 0 Å². The van der Waals surface area contributed by atoms with Crippen LogP contribution in [-0.4, -0.2) is 52.8 Å². The number of nitrogens with one attached hydrogen (secondary N) is 1. The number of carbonyl (C=O) groups excluding carboxylic acids is 3. The number of carboxylic acid groups (broad SMARTS) is 1. The SMILES string of the molecule is CCN1CC(C(=O)NC(CCC(N)=O)C(=O)O)CC1=O. The molecule has 0 saturated carbocycles. The zero-order chi connectivity index (χ0) is 15.3. The second-order valence-corrected chi connectivity index (χ2v) is 4.74. The molecule has 20 heavy (non-hydrogen) atoms. The third-order valence-electron chi connectivity index (χ3n) is 3.26. The Kier molecular flexibility index (Phi) is 5.48. The van der Waals surface area contributed by atoms with Gasteiger partial charge in [-0.3, -0.25) is 14.4 Å². The number of hydrogen-bond acceptors (Lipinski definition) is 4. The van der Waals surface area contributed by atoms with Crippen LogP contribution in [-0.2, 0) is 19.2 Å². The van der Waals surface area contributed by atoms with Crippen molar-refractivity contribution >= 4 is 23.7 Å². The molecule has 112 valence electrons. The molecule has 0 bridgehead atoms. The summed E-state index contributed by atoms with van der Waals surface area (Å²) in [5.74, 6) is -2.99. The molecule has 1 rings (SSSR count). The van der Waals surface area contributed by atoms with Gasteiger partial charge in [0.05, 0.1) is 5.92 Å². The van der Waals surface area contributed by atoms with E-state index in [0.29, 0.717) is 13.1 Å². The van der Waals surface area contributed by atoms with E-state index in [2.05, 4.69) is 5.32 Å². The number of rotatable bonds is 7. The van der Waals surface area contributed by atoms with E-state index in [4.69, 9.17) is 10.8 Å². The third kappa shape index (κ3) is 4.22. The number of likely N-dealkylation sites (tertiary alicyclic amines) is 1. The van der Waals surface area contributed by atoms with Gasteiger partial charge in [-0.2, -0.15) is 0 Å². The van der Waals surface area contributed by atoms with Gasteiger partial charge >= 0.3 is 5.97 Å². The first kappa shape index (κ1) is 15.9. The number of aliphatic carboxylic acids is 1. The maximum Gasteiger partial charge on any atom is 0.326 e. The molecule has 1 aliphatic heterocycles. The van der Waals surface area contributed by atoms with Gasteiger partial charge in [-0.1, -0.05) is 0 Å². The van der Waals surface area contributed by atoms with Crippen LogP contribution >= 0.6 is 0 Å². The van der Waals surface area contributed by atoms with Crippen molar-refractivity contribution in [3.8, 4) is 0 Å². The van der Waals surface area contributed by atoms with E-state index in [1.54, 1.807) is 4.90 Å². The molecular formula is C12H19N3O5. The van der Waals surface area contributed by atoms with E-state index in [9.17, 15) is 19.2 Å². The van der Waals surface area contributed by atoms with E-state index in [1.165, 1.54) is 0 Å². The number of nitrogens with zero attached hydrogens (tertiary/aromatic N) is 1. The highest BCUT2D eigenvalue weighted by atomic mass is 16.4. The van der Waals surface area contributed by atoms with Crippen molar-refractivity contribution in [1.82, 2.24) is 10.2 Å². The second kappa shape index (κ2) is 6.88. The first-order valence-corrected chi connectivity index (χ1v) is 6.44. The molecule has 0 aliphatic carbocycles. The molecule has 1 saturated heterocycles. The fourth-order valence-electron chi connectivity index (χ4n) is 2.09. The first-order valence-electron chi connectivity index (χ1n) is 6.44. The summed E-state index contributed by atoms with van der Waals surface area (Å²) in [6, 6.07) is -1.17. The van der Waals surface area contributed by atoms with Gasteiger partial charge in [0.25, 0.3) is 0 Å². The Labute approximate surface area is 116 Å². The molecule has 3 amide bonds. The molecular weight excluding hydrogens is 266 g/mol. The van der Waals surface area contributed by atoms with Gasteiger partial charge < -0.3 is 21.1 Å². The summed E-state index contributed by atoms with van der Waals surface area (Å²) < 4.78 is 0. The van der Waals surface area contributed by atoms with Gasteiger partial charge in [0.15, 0.2) is 0 Å². The number of hydrogen-bond donors (Lipinski definition) is 3. The minimum absolute atomic E-state index is 0.0609. The van der Waals surface area contributed by atoms with Crippen LogP contribution in [0.2, 0.25) is 0 Å². The van der Waals surface area contributed by atoms with Gasteiger partial charge in [0.2, 0.25) is 17.7 Å². The Hall–Kier alpha value is -2.12. The van der Waals surface area contributed by atoms with Crippen LogP contribution in [0.3, 0.4) is 0 Å². The zero-order valence-electron chi connectivity index (χ0n) is 11.3. The van der Waals surface area contributed by atoms with Crippen molar-refractivity contribution in [2.24, 2.45) is 11.7 Å². The molecule has 1 fully saturated rings. The smallest absolute Gasteiger partial charge is 0.326 e. The lowest BCUT2D eigenvalue weighted by Gasteiger charge is -2.17. The maximum absolute atomic E-state index is 11.9. The van der Waals surface area contributed by atoms with Gasteiger partial charge in [-0.05, 0) is 13.3 Å². The molecule has 8 heteroatoms. The predicted octanol–water partition coefficient (Wildman–Crippen LogP) is -1.31. The van der Waals surface area contributed by atoms with Gasteiger partial charge in [0.1, 0.15) is 6.04 Å². The summed E-state index contributed by atoms with van der Waals surface area (Å²) in [7, 11) is 0.